The van der Waals surface area contributed by atoms with E-state index >= 15 is 0 Å². The molecule has 1 amide bonds. The average Bonchev–Trinajstić information content (AvgIpc) is 3.09. The molecule has 4 nitrogen and oxygen atoms in total. The van der Waals surface area contributed by atoms with Crippen LogP contribution >= 0.6 is 0 Å². The zero-order chi connectivity index (χ0) is 11.7. The van der Waals surface area contributed by atoms with Crippen molar-refractivity contribution in [2.75, 3.05) is 6.54 Å². The number of amides is 1. The molecule has 17 heavy (non-hydrogen) atoms. The summed E-state index contributed by atoms with van der Waals surface area (Å²) in [6.07, 6.45) is 5.10. The first kappa shape index (κ1) is 10.2. The molecule has 0 saturated carbocycles. The first-order valence-corrected chi connectivity index (χ1v) is 5.74. The molecule has 1 unspecified atom stereocenters. The third kappa shape index (κ3) is 1.75. The molecule has 1 atom stereocenters. The van der Waals surface area contributed by atoms with Gasteiger partial charge in [0.25, 0.3) is 5.91 Å². The minimum atomic E-state index is -0.0612. The molecule has 2 aromatic heterocycles. The summed E-state index contributed by atoms with van der Waals surface area (Å²) >= 11 is 0. The number of nitrogens with zero attached hydrogens (tertiary/aromatic N) is 1. The van der Waals surface area contributed by atoms with Crippen molar-refractivity contribution >= 4 is 5.91 Å². The van der Waals surface area contributed by atoms with Crippen LogP contribution in [0.3, 0.4) is 0 Å². The highest BCUT2D eigenvalue weighted by Crippen LogP contribution is 2.33. The molecule has 4 heteroatoms. The molecule has 0 bridgehead atoms. The quantitative estimate of drug-likeness (QED) is 0.798. The lowest BCUT2D eigenvalue weighted by atomic mass is 10.1. The molecule has 1 aliphatic rings. The summed E-state index contributed by atoms with van der Waals surface area (Å²) < 4.78 is 10.5. The molecule has 1 fully saturated rings. The minimum Gasteiger partial charge on any atom is -0.467 e. The molecule has 0 aromatic carbocycles. The Labute approximate surface area is 98.8 Å². The molecular formula is C13H13NO3. The van der Waals surface area contributed by atoms with E-state index in [4.69, 9.17) is 8.83 Å². The summed E-state index contributed by atoms with van der Waals surface area (Å²) in [7, 11) is 0. The van der Waals surface area contributed by atoms with Gasteiger partial charge < -0.3 is 13.7 Å². The second kappa shape index (κ2) is 4.13. The van der Waals surface area contributed by atoms with E-state index in [1.54, 1.807) is 18.4 Å². The molecular weight excluding hydrogens is 218 g/mol. The molecule has 0 aliphatic carbocycles. The fourth-order valence-electron chi connectivity index (χ4n) is 2.33. The highest BCUT2D eigenvalue weighted by atomic mass is 16.3. The fraction of sp³-hybridized carbons (Fsp3) is 0.308. The normalized spacial score (nSPS) is 19.8. The maximum absolute atomic E-state index is 12.2. The van der Waals surface area contributed by atoms with Crippen molar-refractivity contribution in [1.82, 2.24) is 4.90 Å². The van der Waals surface area contributed by atoms with E-state index in [0.717, 1.165) is 25.1 Å². The highest BCUT2D eigenvalue weighted by molar-refractivity contribution is 5.91. The SMILES string of the molecule is O=C(c1ccco1)N1CCCC1c1ccco1. The first-order valence-electron chi connectivity index (χ1n) is 5.74. The van der Waals surface area contributed by atoms with Crippen LogP contribution in [0.1, 0.15) is 35.2 Å². The van der Waals surface area contributed by atoms with E-state index in [1.807, 2.05) is 17.0 Å². The van der Waals surface area contributed by atoms with Gasteiger partial charge in [-0.2, -0.15) is 0 Å². The maximum Gasteiger partial charge on any atom is 0.290 e. The molecule has 2 aromatic rings. The average molecular weight is 231 g/mol. The molecule has 0 N–H and O–H groups in total. The van der Waals surface area contributed by atoms with Crippen LogP contribution in [-0.2, 0) is 0 Å². The molecule has 0 spiro atoms. The Balaban J connectivity index is 1.85. The van der Waals surface area contributed by atoms with Gasteiger partial charge in [0.1, 0.15) is 5.76 Å². The Hall–Kier alpha value is -1.97. The van der Waals surface area contributed by atoms with Gasteiger partial charge in [-0.3, -0.25) is 4.79 Å². The van der Waals surface area contributed by atoms with Gasteiger partial charge >= 0.3 is 0 Å². The van der Waals surface area contributed by atoms with Crippen LogP contribution in [0, 0.1) is 0 Å². The predicted octanol–water partition coefficient (Wildman–Crippen LogP) is 2.85. The largest absolute Gasteiger partial charge is 0.467 e. The second-order valence-electron chi connectivity index (χ2n) is 4.15. The van der Waals surface area contributed by atoms with E-state index in [9.17, 15) is 4.79 Å². The Morgan fingerprint density at radius 3 is 2.76 bits per heavy atom. The van der Waals surface area contributed by atoms with Gasteiger partial charge in [0.2, 0.25) is 0 Å². The van der Waals surface area contributed by atoms with E-state index in [1.165, 1.54) is 6.26 Å². The van der Waals surface area contributed by atoms with Crippen LogP contribution in [-0.4, -0.2) is 17.4 Å². The van der Waals surface area contributed by atoms with Crippen LogP contribution in [0.5, 0.6) is 0 Å². The van der Waals surface area contributed by atoms with E-state index in [2.05, 4.69) is 0 Å². The van der Waals surface area contributed by atoms with E-state index in [0.29, 0.717) is 5.76 Å². The number of furan rings is 2. The van der Waals surface area contributed by atoms with Crippen molar-refractivity contribution in [1.29, 1.82) is 0 Å². The number of likely N-dealkylation sites (tertiary alicyclic amines) is 1. The van der Waals surface area contributed by atoms with Gasteiger partial charge in [0, 0.05) is 6.54 Å². The Bertz CT molecular complexity index is 487. The lowest BCUT2D eigenvalue weighted by Gasteiger charge is -2.21. The van der Waals surface area contributed by atoms with Crippen molar-refractivity contribution in [2.45, 2.75) is 18.9 Å². The zero-order valence-corrected chi connectivity index (χ0v) is 9.33. The van der Waals surface area contributed by atoms with Gasteiger partial charge in [-0.05, 0) is 37.1 Å². The molecule has 3 heterocycles. The lowest BCUT2D eigenvalue weighted by molar-refractivity contribution is 0.0687. The molecule has 88 valence electrons. The monoisotopic (exact) mass is 231 g/mol. The summed E-state index contributed by atoms with van der Waals surface area (Å²) in [5.41, 5.74) is 0. The lowest BCUT2D eigenvalue weighted by Crippen LogP contribution is -2.30. The van der Waals surface area contributed by atoms with Crippen LogP contribution in [0.25, 0.3) is 0 Å². The Kier molecular flexibility index (Phi) is 2.48. The first-order chi connectivity index (χ1) is 8.36. The van der Waals surface area contributed by atoms with Gasteiger partial charge in [0.05, 0.1) is 18.6 Å². The number of hydrogen-bond donors (Lipinski definition) is 0. The minimum absolute atomic E-state index is 0.0441. The third-order valence-corrected chi connectivity index (χ3v) is 3.12. The maximum atomic E-state index is 12.2. The van der Waals surface area contributed by atoms with Crippen molar-refractivity contribution in [2.24, 2.45) is 0 Å². The molecule has 3 rings (SSSR count). The zero-order valence-electron chi connectivity index (χ0n) is 9.33. The Morgan fingerprint density at radius 2 is 2.06 bits per heavy atom. The standard InChI is InChI=1S/C13H13NO3/c15-13(12-6-3-9-17-12)14-7-1-4-10(14)11-5-2-8-16-11/h2-3,5-6,8-10H,1,4,7H2. The van der Waals surface area contributed by atoms with Crippen molar-refractivity contribution in [3.63, 3.8) is 0 Å². The number of carbonyl (C=O) groups is 1. The summed E-state index contributed by atoms with van der Waals surface area (Å²) in [6, 6.07) is 7.23. The van der Waals surface area contributed by atoms with Gasteiger partial charge in [-0.1, -0.05) is 0 Å². The summed E-state index contributed by atoms with van der Waals surface area (Å²) in [5.74, 6) is 1.18. The summed E-state index contributed by atoms with van der Waals surface area (Å²) in [4.78, 5) is 14.0. The van der Waals surface area contributed by atoms with Gasteiger partial charge in [-0.15, -0.1) is 0 Å². The number of hydrogen-bond acceptors (Lipinski definition) is 3. The van der Waals surface area contributed by atoms with Crippen LogP contribution in [0.2, 0.25) is 0 Å². The van der Waals surface area contributed by atoms with Crippen molar-refractivity contribution < 1.29 is 13.6 Å². The van der Waals surface area contributed by atoms with Crippen molar-refractivity contribution in [3.8, 4) is 0 Å². The number of carbonyl (C=O) groups excluding carboxylic acids is 1. The smallest absolute Gasteiger partial charge is 0.290 e. The number of rotatable bonds is 2. The van der Waals surface area contributed by atoms with E-state index < -0.39 is 0 Å². The highest BCUT2D eigenvalue weighted by Gasteiger charge is 2.33. The molecule has 1 aliphatic heterocycles. The Morgan fingerprint density at radius 1 is 1.24 bits per heavy atom. The third-order valence-electron chi connectivity index (χ3n) is 3.12. The summed E-state index contributed by atoms with van der Waals surface area (Å²) in [5, 5.41) is 0. The molecule has 1 saturated heterocycles. The van der Waals surface area contributed by atoms with Crippen LogP contribution < -0.4 is 0 Å². The van der Waals surface area contributed by atoms with Crippen LogP contribution in [0.15, 0.2) is 45.6 Å². The second-order valence-corrected chi connectivity index (χ2v) is 4.15. The topological polar surface area (TPSA) is 46.6 Å². The van der Waals surface area contributed by atoms with Crippen LogP contribution in [0.4, 0.5) is 0 Å². The fourth-order valence-corrected chi connectivity index (χ4v) is 2.33. The summed E-state index contributed by atoms with van der Waals surface area (Å²) in [6.45, 7) is 0.755. The van der Waals surface area contributed by atoms with Gasteiger partial charge in [0.15, 0.2) is 5.76 Å². The van der Waals surface area contributed by atoms with Crippen molar-refractivity contribution in [3.05, 3.63) is 48.3 Å². The predicted molar refractivity (Wildman–Crippen MR) is 60.4 cm³/mol. The van der Waals surface area contributed by atoms with E-state index in [-0.39, 0.29) is 11.9 Å². The molecule has 0 radical (unpaired) electrons. The van der Waals surface area contributed by atoms with Gasteiger partial charge in [-0.25, -0.2) is 0 Å².